The summed E-state index contributed by atoms with van der Waals surface area (Å²) in [4.78, 5) is 23.0. The number of hydrogen-bond donors (Lipinski definition) is 2. The number of carbonyl (C=O) groups is 2. The molecule has 1 fully saturated rings. The van der Waals surface area contributed by atoms with Crippen molar-refractivity contribution in [1.82, 2.24) is 10.6 Å². The second kappa shape index (κ2) is 3.73. The summed E-state index contributed by atoms with van der Waals surface area (Å²) in [6.07, 6.45) is 0. The Labute approximate surface area is 87.7 Å². The number of piperazine rings is 1. The highest BCUT2D eigenvalue weighted by molar-refractivity contribution is 5.97. The monoisotopic (exact) mass is 204 g/mol. The van der Waals surface area contributed by atoms with Crippen LogP contribution in [0.3, 0.4) is 0 Å². The number of rotatable bonds is 1. The lowest BCUT2D eigenvalue weighted by molar-refractivity contribution is -0.136. The van der Waals surface area contributed by atoms with Crippen LogP contribution in [0.4, 0.5) is 0 Å². The second-order valence-corrected chi connectivity index (χ2v) is 3.58. The maximum Gasteiger partial charge on any atom is 0.247 e. The highest BCUT2D eigenvalue weighted by Crippen LogP contribution is 2.15. The molecule has 0 aliphatic carbocycles. The maximum absolute atomic E-state index is 11.6. The summed E-state index contributed by atoms with van der Waals surface area (Å²) in [5, 5.41) is 5.31. The third kappa shape index (κ3) is 1.83. The third-order valence-electron chi connectivity index (χ3n) is 2.43. The van der Waals surface area contributed by atoms with Gasteiger partial charge in [0.25, 0.3) is 0 Å². The van der Waals surface area contributed by atoms with Gasteiger partial charge >= 0.3 is 0 Å². The van der Waals surface area contributed by atoms with E-state index < -0.39 is 12.1 Å². The smallest absolute Gasteiger partial charge is 0.247 e. The van der Waals surface area contributed by atoms with Gasteiger partial charge in [-0.05, 0) is 12.5 Å². The predicted molar refractivity (Wildman–Crippen MR) is 54.9 cm³/mol. The first kappa shape index (κ1) is 9.71. The van der Waals surface area contributed by atoms with E-state index in [1.54, 1.807) is 6.92 Å². The molecule has 0 bridgehead atoms. The van der Waals surface area contributed by atoms with Crippen LogP contribution in [-0.4, -0.2) is 17.9 Å². The lowest BCUT2D eigenvalue weighted by atomic mass is 10.0. The number of benzene rings is 1. The molecular weight excluding hydrogens is 192 g/mol. The van der Waals surface area contributed by atoms with Crippen molar-refractivity contribution in [3.8, 4) is 0 Å². The van der Waals surface area contributed by atoms with Crippen LogP contribution in [0.25, 0.3) is 0 Å². The first-order valence-electron chi connectivity index (χ1n) is 4.84. The van der Waals surface area contributed by atoms with E-state index in [1.165, 1.54) is 0 Å². The van der Waals surface area contributed by atoms with Gasteiger partial charge in [0, 0.05) is 0 Å². The average Bonchev–Trinajstić information content (AvgIpc) is 2.25. The zero-order valence-corrected chi connectivity index (χ0v) is 8.36. The van der Waals surface area contributed by atoms with Crippen molar-refractivity contribution in [1.29, 1.82) is 0 Å². The first-order chi connectivity index (χ1) is 7.18. The Morgan fingerprint density at radius 2 is 1.67 bits per heavy atom. The molecule has 78 valence electrons. The van der Waals surface area contributed by atoms with Crippen molar-refractivity contribution >= 4 is 11.8 Å². The lowest BCUT2D eigenvalue weighted by Crippen LogP contribution is -2.56. The molecule has 2 rings (SSSR count). The van der Waals surface area contributed by atoms with Crippen molar-refractivity contribution < 1.29 is 9.59 Å². The van der Waals surface area contributed by atoms with Crippen LogP contribution in [0.15, 0.2) is 30.3 Å². The van der Waals surface area contributed by atoms with Crippen LogP contribution < -0.4 is 10.6 Å². The Balaban J connectivity index is 2.24. The van der Waals surface area contributed by atoms with Gasteiger partial charge < -0.3 is 10.6 Å². The summed E-state index contributed by atoms with van der Waals surface area (Å²) in [5.41, 5.74) is 0.801. The van der Waals surface area contributed by atoms with Crippen molar-refractivity contribution in [2.24, 2.45) is 0 Å². The van der Waals surface area contributed by atoms with E-state index in [0.717, 1.165) is 5.56 Å². The molecule has 1 aliphatic rings. The fraction of sp³-hybridized carbons (Fsp3) is 0.273. The number of hydrogen-bond acceptors (Lipinski definition) is 2. The molecule has 4 nitrogen and oxygen atoms in total. The second-order valence-electron chi connectivity index (χ2n) is 3.58. The van der Waals surface area contributed by atoms with Crippen LogP contribution in [0.1, 0.15) is 18.5 Å². The largest absolute Gasteiger partial charge is 0.342 e. The minimum Gasteiger partial charge on any atom is -0.342 e. The van der Waals surface area contributed by atoms with Crippen LogP contribution in [0.5, 0.6) is 0 Å². The molecule has 2 amide bonds. The Hall–Kier alpha value is -1.84. The van der Waals surface area contributed by atoms with Crippen molar-refractivity contribution in [3.63, 3.8) is 0 Å². The van der Waals surface area contributed by atoms with Gasteiger partial charge in [-0.2, -0.15) is 0 Å². The summed E-state index contributed by atoms with van der Waals surface area (Å²) in [5.74, 6) is -0.309. The van der Waals surface area contributed by atoms with Gasteiger partial charge in [0.1, 0.15) is 12.1 Å². The zero-order valence-electron chi connectivity index (χ0n) is 8.36. The lowest BCUT2D eigenvalue weighted by Gasteiger charge is -2.27. The zero-order chi connectivity index (χ0) is 10.8. The Morgan fingerprint density at radius 3 is 2.33 bits per heavy atom. The molecule has 2 unspecified atom stereocenters. The van der Waals surface area contributed by atoms with E-state index in [0.29, 0.717) is 0 Å². The van der Waals surface area contributed by atoms with E-state index in [4.69, 9.17) is 0 Å². The fourth-order valence-electron chi connectivity index (χ4n) is 1.58. The highest BCUT2D eigenvalue weighted by atomic mass is 16.2. The van der Waals surface area contributed by atoms with E-state index >= 15 is 0 Å². The van der Waals surface area contributed by atoms with Gasteiger partial charge in [-0.3, -0.25) is 9.59 Å². The van der Waals surface area contributed by atoms with Gasteiger partial charge in [0.15, 0.2) is 0 Å². The SMILES string of the molecule is CC1NC(=O)C(c2ccccc2)NC1=O. The predicted octanol–water partition coefficient (Wildman–Crippen LogP) is 0.362. The summed E-state index contributed by atoms with van der Waals surface area (Å²) < 4.78 is 0. The number of nitrogens with one attached hydrogen (secondary N) is 2. The molecule has 15 heavy (non-hydrogen) atoms. The van der Waals surface area contributed by atoms with Crippen LogP contribution >= 0.6 is 0 Å². The normalized spacial score (nSPS) is 25.7. The first-order valence-corrected chi connectivity index (χ1v) is 4.84. The molecule has 0 aromatic heterocycles. The number of amides is 2. The fourth-order valence-corrected chi connectivity index (χ4v) is 1.58. The molecule has 2 N–H and O–H groups in total. The molecule has 1 aliphatic heterocycles. The van der Waals surface area contributed by atoms with E-state index in [9.17, 15) is 9.59 Å². The minimum absolute atomic E-state index is 0.150. The standard InChI is InChI=1S/C11H12N2O2/c1-7-10(14)13-9(11(15)12-7)8-5-3-2-4-6-8/h2-7,9H,1H3,(H,12,15)(H,13,14). The topological polar surface area (TPSA) is 58.2 Å². The van der Waals surface area contributed by atoms with Crippen molar-refractivity contribution in [3.05, 3.63) is 35.9 Å². The van der Waals surface area contributed by atoms with E-state index in [2.05, 4.69) is 10.6 Å². The van der Waals surface area contributed by atoms with Gasteiger partial charge in [-0.15, -0.1) is 0 Å². The third-order valence-corrected chi connectivity index (χ3v) is 2.43. The Bertz CT molecular complexity index is 389. The molecule has 0 saturated carbocycles. The van der Waals surface area contributed by atoms with Crippen LogP contribution in [0.2, 0.25) is 0 Å². The maximum atomic E-state index is 11.6. The molecule has 2 atom stereocenters. The summed E-state index contributed by atoms with van der Waals surface area (Å²) in [6.45, 7) is 1.66. The summed E-state index contributed by atoms with van der Waals surface area (Å²) in [6, 6.07) is 8.18. The molecule has 1 saturated heterocycles. The van der Waals surface area contributed by atoms with Gasteiger partial charge in [-0.25, -0.2) is 0 Å². The molecule has 4 heteroatoms. The highest BCUT2D eigenvalue weighted by Gasteiger charge is 2.31. The number of carbonyl (C=O) groups excluding carboxylic acids is 2. The van der Waals surface area contributed by atoms with E-state index in [-0.39, 0.29) is 11.8 Å². The van der Waals surface area contributed by atoms with Crippen LogP contribution in [0, 0.1) is 0 Å². The molecule has 0 spiro atoms. The quantitative estimate of drug-likeness (QED) is 0.694. The average molecular weight is 204 g/mol. The Morgan fingerprint density at radius 1 is 1.00 bits per heavy atom. The Kier molecular flexibility index (Phi) is 2.41. The molecule has 1 aromatic rings. The van der Waals surface area contributed by atoms with Gasteiger partial charge in [0.05, 0.1) is 0 Å². The molecule has 1 aromatic carbocycles. The summed E-state index contributed by atoms with van der Waals surface area (Å²) in [7, 11) is 0. The van der Waals surface area contributed by atoms with Crippen LogP contribution in [-0.2, 0) is 9.59 Å². The van der Waals surface area contributed by atoms with Gasteiger partial charge in [-0.1, -0.05) is 30.3 Å². The summed E-state index contributed by atoms with van der Waals surface area (Å²) >= 11 is 0. The molecule has 1 heterocycles. The molecular formula is C11H12N2O2. The van der Waals surface area contributed by atoms with Crippen molar-refractivity contribution in [2.45, 2.75) is 19.0 Å². The minimum atomic E-state index is -0.560. The van der Waals surface area contributed by atoms with E-state index in [1.807, 2.05) is 30.3 Å². The van der Waals surface area contributed by atoms with Gasteiger partial charge in [0.2, 0.25) is 11.8 Å². The van der Waals surface area contributed by atoms with Crippen molar-refractivity contribution in [2.75, 3.05) is 0 Å². The molecule has 0 radical (unpaired) electrons.